The molecule has 17 heavy (non-hydrogen) atoms. The lowest BCUT2D eigenvalue weighted by Crippen LogP contribution is -2.13. The summed E-state index contributed by atoms with van der Waals surface area (Å²) in [6.45, 7) is 4.09. The van der Waals surface area contributed by atoms with Crippen molar-refractivity contribution in [1.82, 2.24) is 9.78 Å². The van der Waals surface area contributed by atoms with Gasteiger partial charge in [0, 0.05) is 23.7 Å². The number of rotatable bonds is 3. The summed E-state index contributed by atoms with van der Waals surface area (Å²) >= 11 is 7.71. The van der Waals surface area contributed by atoms with Gasteiger partial charge in [-0.1, -0.05) is 11.6 Å². The van der Waals surface area contributed by atoms with Gasteiger partial charge < -0.3 is 5.73 Å². The summed E-state index contributed by atoms with van der Waals surface area (Å²) in [7, 11) is 1.95. The summed E-state index contributed by atoms with van der Waals surface area (Å²) in [4.78, 5) is 1.05. The zero-order valence-corrected chi connectivity index (χ0v) is 11.8. The molecule has 0 spiro atoms. The number of hydrogen-bond donors (Lipinski definition) is 1. The van der Waals surface area contributed by atoms with E-state index in [1.807, 2.05) is 30.1 Å². The van der Waals surface area contributed by atoms with Gasteiger partial charge in [0.05, 0.1) is 10.7 Å². The van der Waals surface area contributed by atoms with Crippen molar-refractivity contribution >= 4 is 22.9 Å². The van der Waals surface area contributed by atoms with E-state index in [1.165, 1.54) is 11.3 Å². The first-order chi connectivity index (χ1) is 8.00. The minimum Gasteiger partial charge on any atom is -0.323 e. The molecule has 5 heteroatoms. The summed E-state index contributed by atoms with van der Waals surface area (Å²) < 4.78 is 1.90. The molecule has 0 amide bonds. The summed E-state index contributed by atoms with van der Waals surface area (Å²) in [5.74, 6) is 0. The molecule has 2 heterocycles. The van der Waals surface area contributed by atoms with Crippen LogP contribution >= 0.6 is 22.9 Å². The first-order valence-corrected chi connectivity index (χ1v) is 6.74. The second kappa shape index (κ2) is 4.80. The van der Waals surface area contributed by atoms with Crippen molar-refractivity contribution in [2.24, 2.45) is 12.8 Å². The maximum atomic E-state index is 6.21. The fraction of sp³-hybridized carbons (Fsp3) is 0.417. The van der Waals surface area contributed by atoms with E-state index in [2.05, 4.69) is 12.0 Å². The molecule has 1 unspecified atom stereocenters. The molecule has 92 valence electrons. The Labute approximate surface area is 110 Å². The highest BCUT2D eigenvalue weighted by Crippen LogP contribution is 2.30. The Balaban J connectivity index is 2.24. The molecule has 0 aliphatic carbocycles. The molecule has 0 fully saturated rings. The quantitative estimate of drug-likeness (QED) is 0.931. The second-order valence-electron chi connectivity index (χ2n) is 4.22. The first-order valence-electron chi connectivity index (χ1n) is 5.48. The van der Waals surface area contributed by atoms with E-state index in [4.69, 9.17) is 17.3 Å². The maximum Gasteiger partial charge on any atom is 0.0629 e. The largest absolute Gasteiger partial charge is 0.323 e. The molecule has 3 nitrogen and oxygen atoms in total. The second-order valence-corrected chi connectivity index (χ2v) is 5.57. The molecule has 2 rings (SSSR count). The summed E-state index contributed by atoms with van der Waals surface area (Å²) in [5.41, 5.74) is 9.66. The zero-order valence-electron chi connectivity index (χ0n) is 10.2. The number of nitrogens with two attached hydrogens (primary N) is 1. The first kappa shape index (κ1) is 12.6. The van der Waals surface area contributed by atoms with Crippen LogP contribution in [0.25, 0.3) is 0 Å². The molecule has 0 saturated heterocycles. The van der Waals surface area contributed by atoms with E-state index >= 15 is 0 Å². The lowest BCUT2D eigenvalue weighted by molar-refractivity contribution is 0.716. The topological polar surface area (TPSA) is 43.8 Å². The fourth-order valence-electron chi connectivity index (χ4n) is 2.00. The van der Waals surface area contributed by atoms with E-state index in [9.17, 15) is 0 Å². The minimum atomic E-state index is -0.0518. The number of aryl methyl sites for hydroxylation is 2. The molecular formula is C12H16ClN3S. The van der Waals surface area contributed by atoms with Gasteiger partial charge in [0.1, 0.15) is 0 Å². The van der Waals surface area contributed by atoms with Crippen LogP contribution in [0, 0.1) is 13.8 Å². The molecule has 0 radical (unpaired) electrons. The number of aromatic nitrogens is 2. The summed E-state index contributed by atoms with van der Waals surface area (Å²) in [6, 6.07) is 1.84. The van der Waals surface area contributed by atoms with Crippen LogP contribution in [0.4, 0.5) is 0 Å². The van der Waals surface area contributed by atoms with Gasteiger partial charge in [-0.3, -0.25) is 4.68 Å². The highest BCUT2D eigenvalue weighted by molar-refractivity contribution is 7.10. The smallest absolute Gasteiger partial charge is 0.0629 e. The molecule has 0 bridgehead atoms. The maximum absolute atomic E-state index is 6.21. The number of hydrogen-bond acceptors (Lipinski definition) is 3. The van der Waals surface area contributed by atoms with Gasteiger partial charge in [-0.15, -0.1) is 11.3 Å². The van der Waals surface area contributed by atoms with Crippen molar-refractivity contribution in [3.63, 3.8) is 0 Å². The highest BCUT2D eigenvalue weighted by atomic mass is 35.5. The van der Waals surface area contributed by atoms with E-state index in [0.29, 0.717) is 0 Å². The molecule has 2 aromatic rings. The van der Waals surface area contributed by atoms with Crippen LogP contribution in [0.1, 0.15) is 27.9 Å². The van der Waals surface area contributed by atoms with Crippen molar-refractivity contribution in [3.05, 3.63) is 38.3 Å². The Morgan fingerprint density at radius 2 is 2.24 bits per heavy atom. The molecule has 1 atom stereocenters. The van der Waals surface area contributed by atoms with Crippen molar-refractivity contribution in [3.8, 4) is 0 Å². The van der Waals surface area contributed by atoms with Crippen LogP contribution in [0.15, 0.2) is 11.4 Å². The Morgan fingerprint density at radius 1 is 1.53 bits per heavy atom. The normalized spacial score (nSPS) is 13.0. The van der Waals surface area contributed by atoms with Crippen LogP contribution in [0.3, 0.4) is 0 Å². The van der Waals surface area contributed by atoms with Gasteiger partial charge in [0.2, 0.25) is 0 Å². The standard InChI is InChI=1S/C12H16ClN3S/c1-7-9(8(2)16(3)15-7)6-11(14)12-10(13)4-5-17-12/h4-5,11H,6,14H2,1-3H3. The van der Waals surface area contributed by atoms with Crippen LogP contribution in [-0.4, -0.2) is 9.78 Å². The van der Waals surface area contributed by atoms with Crippen LogP contribution in [0.5, 0.6) is 0 Å². The molecule has 0 aliphatic rings. The summed E-state index contributed by atoms with van der Waals surface area (Å²) in [6.07, 6.45) is 0.783. The minimum absolute atomic E-state index is 0.0518. The lowest BCUT2D eigenvalue weighted by atomic mass is 10.0. The van der Waals surface area contributed by atoms with Crippen LogP contribution in [-0.2, 0) is 13.5 Å². The molecule has 2 N–H and O–H groups in total. The van der Waals surface area contributed by atoms with Gasteiger partial charge in [0.25, 0.3) is 0 Å². The van der Waals surface area contributed by atoms with Gasteiger partial charge >= 0.3 is 0 Å². The fourth-order valence-corrected chi connectivity index (χ4v) is 3.20. The predicted octanol–water partition coefficient (Wildman–Crippen LogP) is 2.99. The van der Waals surface area contributed by atoms with Gasteiger partial charge in [-0.2, -0.15) is 5.10 Å². The molecule has 0 aromatic carbocycles. The Morgan fingerprint density at radius 3 is 2.71 bits per heavy atom. The third kappa shape index (κ3) is 2.39. The van der Waals surface area contributed by atoms with Gasteiger partial charge in [-0.05, 0) is 37.3 Å². The van der Waals surface area contributed by atoms with Gasteiger partial charge in [-0.25, -0.2) is 0 Å². The molecule has 2 aromatic heterocycles. The molecule has 0 saturated carbocycles. The number of nitrogens with zero attached hydrogens (tertiary/aromatic N) is 2. The summed E-state index contributed by atoms with van der Waals surface area (Å²) in [5, 5.41) is 7.14. The van der Waals surface area contributed by atoms with Crippen molar-refractivity contribution < 1.29 is 0 Å². The van der Waals surface area contributed by atoms with E-state index < -0.39 is 0 Å². The average Bonchev–Trinajstić information content (AvgIpc) is 2.78. The number of thiophene rings is 1. The number of halogens is 1. The average molecular weight is 270 g/mol. The lowest BCUT2D eigenvalue weighted by Gasteiger charge is -2.10. The predicted molar refractivity (Wildman–Crippen MR) is 72.6 cm³/mol. The van der Waals surface area contributed by atoms with E-state index in [-0.39, 0.29) is 6.04 Å². The third-order valence-corrected chi connectivity index (χ3v) is 4.55. The van der Waals surface area contributed by atoms with Crippen molar-refractivity contribution in [2.75, 3.05) is 0 Å². The Kier molecular flexibility index (Phi) is 3.56. The Bertz CT molecular complexity index is 530. The third-order valence-electron chi connectivity index (χ3n) is 3.06. The zero-order chi connectivity index (χ0) is 12.6. The SMILES string of the molecule is Cc1nn(C)c(C)c1CC(N)c1sccc1Cl. The van der Waals surface area contributed by atoms with E-state index in [0.717, 1.165) is 22.0 Å². The van der Waals surface area contributed by atoms with Crippen LogP contribution < -0.4 is 5.73 Å². The molecule has 0 aliphatic heterocycles. The molecular weight excluding hydrogens is 254 g/mol. The van der Waals surface area contributed by atoms with E-state index in [1.54, 1.807) is 11.3 Å². The monoisotopic (exact) mass is 269 g/mol. The van der Waals surface area contributed by atoms with Crippen LogP contribution in [0.2, 0.25) is 5.02 Å². The Hall–Kier alpha value is -0.840. The highest BCUT2D eigenvalue weighted by Gasteiger charge is 2.17. The van der Waals surface area contributed by atoms with Crippen molar-refractivity contribution in [1.29, 1.82) is 0 Å². The van der Waals surface area contributed by atoms with Crippen molar-refractivity contribution in [2.45, 2.75) is 26.3 Å². The van der Waals surface area contributed by atoms with Gasteiger partial charge in [0.15, 0.2) is 0 Å².